The van der Waals surface area contributed by atoms with Crippen LogP contribution in [0.2, 0.25) is 0 Å². The first-order valence-corrected chi connectivity index (χ1v) is 7.33. The molecule has 0 saturated carbocycles. The molecular weight excluding hydrogens is 262 g/mol. The van der Waals surface area contributed by atoms with Crippen molar-refractivity contribution in [1.29, 1.82) is 0 Å². The lowest BCUT2D eigenvalue weighted by Crippen LogP contribution is -2.51. The van der Waals surface area contributed by atoms with E-state index in [0.29, 0.717) is 12.8 Å². The summed E-state index contributed by atoms with van der Waals surface area (Å²) in [7, 11) is 0. The summed E-state index contributed by atoms with van der Waals surface area (Å²) in [6.45, 7) is 0. The maximum Gasteiger partial charge on any atom is 0.220 e. The van der Waals surface area contributed by atoms with Crippen LogP contribution < -0.4 is 5.32 Å². The van der Waals surface area contributed by atoms with Gasteiger partial charge in [0, 0.05) is 12.3 Å². The number of hydrogen-bond donors (Lipinski definition) is 2. The molecule has 2 aromatic rings. The zero-order valence-corrected chi connectivity index (χ0v) is 11.8. The Kier molecular flexibility index (Phi) is 4.02. The average Bonchev–Trinajstić information content (AvgIpc) is 2.53. The zero-order valence-electron chi connectivity index (χ0n) is 11.8. The SMILES string of the molecule is O=C1CCC(O)C(C(c2ccccc2)c2ccccc2)N1. The molecule has 1 aliphatic heterocycles. The largest absolute Gasteiger partial charge is 0.391 e. The number of rotatable bonds is 3. The van der Waals surface area contributed by atoms with Gasteiger partial charge in [0.15, 0.2) is 0 Å². The number of carbonyl (C=O) groups excluding carboxylic acids is 1. The van der Waals surface area contributed by atoms with E-state index in [1.165, 1.54) is 0 Å². The third-order valence-corrected chi connectivity index (χ3v) is 4.09. The zero-order chi connectivity index (χ0) is 14.7. The maximum atomic E-state index is 11.8. The van der Waals surface area contributed by atoms with Gasteiger partial charge < -0.3 is 10.4 Å². The molecule has 0 bridgehead atoms. The molecule has 3 nitrogen and oxygen atoms in total. The Morgan fingerprint density at radius 3 is 2.00 bits per heavy atom. The Morgan fingerprint density at radius 2 is 1.48 bits per heavy atom. The second-order valence-electron chi connectivity index (χ2n) is 5.50. The molecule has 0 spiro atoms. The Bertz CT molecular complexity index is 558. The van der Waals surface area contributed by atoms with Gasteiger partial charge in [0.05, 0.1) is 12.1 Å². The molecule has 0 radical (unpaired) electrons. The van der Waals surface area contributed by atoms with Crippen LogP contribution in [-0.2, 0) is 4.79 Å². The molecule has 3 heteroatoms. The van der Waals surface area contributed by atoms with E-state index in [1.807, 2.05) is 60.7 Å². The minimum atomic E-state index is -0.520. The number of aliphatic hydroxyl groups is 1. The molecular formula is C18H19NO2. The summed E-state index contributed by atoms with van der Waals surface area (Å²) < 4.78 is 0. The first-order valence-electron chi connectivity index (χ1n) is 7.33. The second kappa shape index (κ2) is 6.10. The molecule has 0 aromatic heterocycles. The highest BCUT2D eigenvalue weighted by molar-refractivity contribution is 5.77. The molecule has 3 rings (SSSR count). The van der Waals surface area contributed by atoms with Crippen molar-refractivity contribution in [2.75, 3.05) is 0 Å². The molecule has 21 heavy (non-hydrogen) atoms. The number of piperidine rings is 1. The van der Waals surface area contributed by atoms with E-state index in [1.54, 1.807) is 0 Å². The third kappa shape index (κ3) is 2.98. The lowest BCUT2D eigenvalue weighted by atomic mass is 9.80. The molecule has 2 aromatic carbocycles. The smallest absolute Gasteiger partial charge is 0.220 e. The summed E-state index contributed by atoms with van der Waals surface area (Å²) >= 11 is 0. The number of aliphatic hydroxyl groups excluding tert-OH is 1. The van der Waals surface area contributed by atoms with Crippen LogP contribution in [0.15, 0.2) is 60.7 Å². The van der Waals surface area contributed by atoms with Crippen LogP contribution in [0, 0.1) is 0 Å². The van der Waals surface area contributed by atoms with Crippen molar-refractivity contribution >= 4 is 5.91 Å². The van der Waals surface area contributed by atoms with Crippen LogP contribution in [-0.4, -0.2) is 23.2 Å². The monoisotopic (exact) mass is 281 g/mol. The molecule has 1 fully saturated rings. The molecule has 1 heterocycles. The standard InChI is InChI=1S/C18H19NO2/c20-15-11-12-16(21)19-18(15)17(13-7-3-1-4-8-13)14-9-5-2-6-10-14/h1-10,15,17-18,20H,11-12H2,(H,19,21). The summed E-state index contributed by atoms with van der Waals surface area (Å²) in [4.78, 5) is 11.8. The van der Waals surface area contributed by atoms with Crippen LogP contribution in [0.4, 0.5) is 0 Å². The molecule has 0 aliphatic carbocycles. The Hall–Kier alpha value is -2.13. The van der Waals surface area contributed by atoms with E-state index < -0.39 is 6.10 Å². The predicted octanol–water partition coefficient (Wildman–Crippen LogP) is 2.46. The molecule has 2 unspecified atom stereocenters. The highest BCUT2D eigenvalue weighted by atomic mass is 16.3. The van der Waals surface area contributed by atoms with Crippen LogP contribution in [0.5, 0.6) is 0 Å². The molecule has 2 N–H and O–H groups in total. The number of carbonyl (C=O) groups is 1. The van der Waals surface area contributed by atoms with Gasteiger partial charge in [-0.2, -0.15) is 0 Å². The molecule has 1 aliphatic rings. The highest BCUT2D eigenvalue weighted by Crippen LogP contribution is 2.32. The van der Waals surface area contributed by atoms with Gasteiger partial charge in [-0.25, -0.2) is 0 Å². The summed E-state index contributed by atoms with van der Waals surface area (Å²) in [5.74, 6) is -0.0196. The third-order valence-electron chi connectivity index (χ3n) is 4.09. The number of amides is 1. The van der Waals surface area contributed by atoms with Crippen molar-refractivity contribution in [2.45, 2.75) is 30.9 Å². The van der Waals surface area contributed by atoms with E-state index >= 15 is 0 Å². The minimum absolute atomic E-state index is 0.0159. The van der Waals surface area contributed by atoms with Gasteiger partial charge in [0.25, 0.3) is 0 Å². The van der Waals surface area contributed by atoms with Crippen molar-refractivity contribution in [2.24, 2.45) is 0 Å². The number of hydrogen-bond acceptors (Lipinski definition) is 2. The number of nitrogens with one attached hydrogen (secondary N) is 1. The summed E-state index contributed by atoms with van der Waals surface area (Å²) in [6.07, 6.45) is 0.397. The van der Waals surface area contributed by atoms with E-state index in [0.717, 1.165) is 11.1 Å². The van der Waals surface area contributed by atoms with E-state index in [4.69, 9.17) is 0 Å². The number of benzene rings is 2. The predicted molar refractivity (Wildman–Crippen MR) is 81.9 cm³/mol. The summed E-state index contributed by atoms with van der Waals surface area (Å²) in [5.41, 5.74) is 2.21. The van der Waals surface area contributed by atoms with Crippen LogP contribution >= 0.6 is 0 Å². The van der Waals surface area contributed by atoms with Crippen LogP contribution in [0.1, 0.15) is 29.9 Å². The van der Waals surface area contributed by atoms with Gasteiger partial charge >= 0.3 is 0 Å². The fourth-order valence-electron chi connectivity index (χ4n) is 3.05. The van der Waals surface area contributed by atoms with Crippen LogP contribution in [0.25, 0.3) is 0 Å². The van der Waals surface area contributed by atoms with Gasteiger partial charge in [-0.3, -0.25) is 4.79 Å². The Morgan fingerprint density at radius 1 is 0.952 bits per heavy atom. The highest BCUT2D eigenvalue weighted by Gasteiger charge is 2.35. The first-order chi connectivity index (χ1) is 10.3. The molecule has 1 amide bonds. The van der Waals surface area contributed by atoms with Gasteiger partial charge in [-0.15, -0.1) is 0 Å². The first kappa shape index (κ1) is 13.8. The molecule has 2 atom stereocenters. The summed E-state index contributed by atoms with van der Waals surface area (Å²) in [5, 5.41) is 13.3. The van der Waals surface area contributed by atoms with E-state index in [2.05, 4.69) is 5.32 Å². The topological polar surface area (TPSA) is 49.3 Å². The molecule has 108 valence electrons. The van der Waals surface area contributed by atoms with Crippen molar-refractivity contribution in [3.63, 3.8) is 0 Å². The quantitative estimate of drug-likeness (QED) is 0.908. The van der Waals surface area contributed by atoms with Gasteiger partial charge in [0.1, 0.15) is 0 Å². The minimum Gasteiger partial charge on any atom is -0.391 e. The lowest BCUT2D eigenvalue weighted by Gasteiger charge is -2.35. The second-order valence-corrected chi connectivity index (χ2v) is 5.50. The van der Waals surface area contributed by atoms with Crippen molar-refractivity contribution in [1.82, 2.24) is 5.32 Å². The normalized spacial score (nSPS) is 22.1. The lowest BCUT2D eigenvalue weighted by molar-refractivity contribution is -0.126. The van der Waals surface area contributed by atoms with Gasteiger partial charge in [-0.1, -0.05) is 60.7 Å². The van der Waals surface area contributed by atoms with E-state index in [9.17, 15) is 9.90 Å². The average molecular weight is 281 g/mol. The molecule has 1 saturated heterocycles. The van der Waals surface area contributed by atoms with Gasteiger partial charge in [0.2, 0.25) is 5.91 Å². The van der Waals surface area contributed by atoms with Crippen LogP contribution in [0.3, 0.4) is 0 Å². The van der Waals surface area contributed by atoms with Gasteiger partial charge in [-0.05, 0) is 17.5 Å². The van der Waals surface area contributed by atoms with Crippen molar-refractivity contribution in [3.05, 3.63) is 71.8 Å². The Labute approximate surface area is 124 Å². The van der Waals surface area contributed by atoms with Crippen molar-refractivity contribution in [3.8, 4) is 0 Å². The van der Waals surface area contributed by atoms with E-state index in [-0.39, 0.29) is 17.9 Å². The summed E-state index contributed by atoms with van der Waals surface area (Å²) in [6, 6.07) is 19.8. The fourth-order valence-corrected chi connectivity index (χ4v) is 3.05. The Balaban J connectivity index is 2.02. The maximum absolute atomic E-state index is 11.8. The fraction of sp³-hybridized carbons (Fsp3) is 0.278. The van der Waals surface area contributed by atoms with Crippen molar-refractivity contribution < 1.29 is 9.90 Å².